The summed E-state index contributed by atoms with van der Waals surface area (Å²) in [5.74, 6) is 0. The van der Waals surface area contributed by atoms with Gasteiger partial charge in [0.2, 0.25) is 0 Å². The van der Waals surface area contributed by atoms with Crippen LogP contribution < -0.4 is 14.9 Å². The van der Waals surface area contributed by atoms with Crippen LogP contribution in [0, 0.1) is 6.92 Å². The molecule has 1 saturated heterocycles. The molecule has 0 spiro atoms. The Morgan fingerprint density at radius 3 is 2.43 bits per heavy atom. The number of sulfonamides is 1. The quantitative estimate of drug-likeness (QED) is 0.706. The van der Waals surface area contributed by atoms with Crippen molar-refractivity contribution in [2.24, 2.45) is 0 Å². The SMILES string of the molecule is Cc1ccc(NS(=O)(=O)c2ccc(N3CCNC(C)C3)c3ccccc23)cc1. The van der Waals surface area contributed by atoms with Crippen molar-refractivity contribution in [2.75, 3.05) is 29.3 Å². The highest BCUT2D eigenvalue weighted by Crippen LogP contribution is 2.33. The van der Waals surface area contributed by atoms with Crippen molar-refractivity contribution in [1.29, 1.82) is 0 Å². The maximum absolute atomic E-state index is 13.1. The van der Waals surface area contributed by atoms with Gasteiger partial charge in [-0.25, -0.2) is 8.42 Å². The number of fused-ring (bicyclic) bond motifs is 1. The number of hydrogen-bond donors (Lipinski definition) is 2. The molecule has 146 valence electrons. The fourth-order valence-electron chi connectivity index (χ4n) is 3.75. The van der Waals surface area contributed by atoms with Gasteiger partial charge in [-0.15, -0.1) is 0 Å². The first-order valence-electron chi connectivity index (χ1n) is 9.53. The molecule has 3 aromatic rings. The van der Waals surface area contributed by atoms with E-state index in [2.05, 4.69) is 21.9 Å². The molecule has 1 heterocycles. The lowest BCUT2D eigenvalue weighted by Crippen LogP contribution is -2.49. The standard InChI is InChI=1S/C22H25N3O2S/c1-16-7-9-18(10-8-16)24-28(26,27)22-12-11-21(19-5-3-4-6-20(19)22)25-14-13-23-17(2)15-25/h3-12,17,23-24H,13-15H2,1-2H3. The van der Waals surface area contributed by atoms with Gasteiger partial charge >= 0.3 is 0 Å². The Morgan fingerprint density at radius 1 is 1.00 bits per heavy atom. The van der Waals surface area contributed by atoms with E-state index in [-0.39, 0.29) is 0 Å². The molecule has 28 heavy (non-hydrogen) atoms. The number of rotatable bonds is 4. The summed E-state index contributed by atoms with van der Waals surface area (Å²) in [4.78, 5) is 2.63. The van der Waals surface area contributed by atoms with Gasteiger partial charge in [0.15, 0.2) is 0 Å². The van der Waals surface area contributed by atoms with Gasteiger partial charge in [-0.1, -0.05) is 42.0 Å². The third-order valence-electron chi connectivity index (χ3n) is 5.16. The molecule has 0 radical (unpaired) electrons. The summed E-state index contributed by atoms with van der Waals surface area (Å²) >= 11 is 0. The van der Waals surface area contributed by atoms with Gasteiger partial charge in [-0.05, 0) is 38.1 Å². The predicted molar refractivity (Wildman–Crippen MR) is 116 cm³/mol. The topological polar surface area (TPSA) is 61.4 Å². The van der Waals surface area contributed by atoms with Crippen molar-refractivity contribution in [3.8, 4) is 0 Å². The van der Waals surface area contributed by atoms with E-state index in [9.17, 15) is 8.42 Å². The average Bonchev–Trinajstić information content (AvgIpc) is 2.68. The van der Waals surface area contributed by atoms with Crippen LogP contribution in [0.15, 0.2) is 65.6 Å². The van der Waals surface area contributed by atoms with Crippen LogP contribution in [-0.4, -0.2) is 34.1 Å². The summed E-state index contributed by atoms with van der Waals surface area (Å²) in [7, 11) is -3.69. The highest BCUT2D eigenvalue weighted by Gasteiger charge is 2.22. The molecular weight excluding hydrogens is 370 g/mol. The van der Waals surface area contributed by atoms with Gasteiger partial charge in [-0.2, -0.15) is 0 Å². The lowest BCUT2D eigenvalue weighted by molar-refractivity contribution is 0.485. The second-order valence-electron chi connectivity index (χ2n) is 7.40. The van der Waals surface area contributed by atoms with Crippen molar-refractivity contribution >= 4 is 32.2 Å². The van der Waals surface area contributed by atoms with Gasteiger partial charge in [0.25, 0.3) is 10.0 Å². The van der Waals surface area contributed by atoms with Crippen LogP contribution in [0.1, 0.15) is 12.5 Å². The van der Waals surface area contributed by atoms with Crippen LogP contribution in [-0.2, 0) is 10.0 Å². The molecule has 5 nitrogen and oxygen atoms in total. The van der Waals surface area contributed by atoms with E-state index in [0.717, 1.165) is 41.7 Å². The number of nitrogens with one attached hydrogen (secondary N) is 2. The van der Waals surface area contributed by atoms with Crippen LogP contribution in [0.5, 0.6) is 0 Å². The number of aryl methyl sites for hydroxylation is 1. The number of piperazine rings is 1. The van der Waals surface area contributed by atoms with Crippen molar-refractivity contribution in [1.82, 2.24) is 5.32 Å². The van der Waals surface area contributed by atoms with Gasteiger partial charge in [0.05, 0.1) is 4.90 Å². The third kappa shape index (κ3) is 3.70. The number of nitrogens with zero attached hydrogens (tertiary/aromatic N) is 1. The number of benzene rings is 3. The van der Waals surface area contributed by atoms with Crippen LogP contribution in [0.3, 0.4) is 0 Å². The second kappa shape index (κ2) is 7.45. The number of hydrogen-bond acceptors (Lipinski definition) is 4. The number of anilines is 2. The predicted octanol–water partition coefficient (Wildman–Crippen LogP) is 3.75. The molecule has 1 fully saturated rings. The first kappa shape index (κ1) is 18.8. The molecule has 1 unspecified atom stereocenters. The Balaban J connectivity index is 1.76. The van der Waals surface area contributed by atoms with Crippen LogP contribution in [0.4, 0.5) is 11.4 Å². The van der Waals surface area contributed by atoms with E-state index >= 15 is 0 Å². The van der Waals surface area contributed by atoms with E-state index in [1.54, 1.807) is 18.2 Å². The molecule has 1 aliphatic heterocycles. The van der Waals surface area contributed by atoms with E-state index in [4.69, 9.17) is 0 Å². The van der Waals surface area contributed by atoms with Crippen LogP contribution >= 0.6 is 0 Å². The van der Waals surface area contributed by atoms with Gasteiger partial charge < -0.3 is 10.2 Å². The maximum Gasteiger partial charge on any atom is 0.262 e. The largest absolute Gasteiger partial charge is 0.368 e. The molecule has 0 bridgehead atoms. The minimum Gasteiger partial charge on any atom is -0.368 e. The highest BCUT2D eigenvalue weighted by molar-refractivity contribution is 7.93. The van der Waals surface area contributed by atoms with E-state index in [0.29, 0.717) is 16.6 Å². The van der Waals surface area contributed by atoms with E-state index < -0.39 is 10.0 Å². The lowest BCUT2D eigenvalue weighted by atomic mass is 10.1. The second-order valence-corrected chi connectivity index (χ2v) is 9.05. The summed E-state index contributed by atoms with van der Waals surface area (Å²) < 4.78 is 28.9. The average molecular weight is 396 g/mol. The van der Waals surface area contributed by atoms with E-state index in [1.807, 2.05) is 49.4 Å². The molecule has 2 N–H and O–H groups in total. The molecule has 1 atom stereocenters. The molecule has 0 saturated carbocycles. The van der Waals surface area contributed by atoms with Gasteiger partial charge in [-0.3, -0.25) is 4.72 Å². The van der Waals surface area contributed by atoms with Crippen molar-refractivity contribution in [3.63, 3.8) is 0 Å². The third-order valence-corrected chi connectivity index (χ3v) is 6.60. The summed E-state index contributed by atoms with van der Waals surface area (Å²) in [5, 5.41) is 5.15. The highest BCUT2D eigenvalue weighted by atomic mass is 32.2. The molecule has 0 amide bonds. The molecule has 6 heteroatoms. The molecule has 0 aliphatic carbocycles. The fourth-order valence-corrected chi connectivity index (χ4v) is 5.02. The van der Waals surface area contributed by atoms with Crippen molar-refractivity contribution < 1.29 is 8.42 Å². The molecule has 4 rings (SSSR count). The fraction of sp³-hybridized carbons (Fsp3) is 0.273. The zero-order chi connectivity index (χ0) is 19.7. The minimum atomic E-state index is -3.69. The van der Waals surface area contributed by atoms with Crippen LogP contribution in [0.25, 0.3) is 10.8 Å². The van der Waals surface area contributed by atoms with Crippen molar-refractivity contribution in [3.05, 3.63) is 66.2 Å². The Morgan fingerprint density at radius 2 is 1.71 bits per heavy atom. The zero-order valence-corrected chi connectivity index (χ0v) is 17.0. The summed E-state index contributed by atoms with van der Waals surface area (Å²) in [6.07, 6.45) is 0. The summed E-state index contributed by atoms with van der Waals surface area (Å²) in [6.45, 7) is 6.87. The van der Waals surface area contributed by atoms with Crippen LogP contribution in [0.2, 0.25) is 0 Å². The Kier molecular flexibility index (Phi) is 5.00. The first-order chi connectivity index (χ1) is 13.4. The Hall–Kier alpha value is -2.57. The van der Waals surface area contributed by atoms with E-state index in [1.165, 1.54) is 0 Å². The first-order valence-corrected chi connectivity index (χ1v) is 11.0. The smallest absolute Gasteiger partial charge is 0.262 e. The molecule has 0 aromatic heterocycles. The summed E-state index contributed by atoms with van der Waals surface area (Å²) in [5.41, 5.74) is 2.73. The Labute approximate surface area is 166 Å². The lowest BCUT2D eigenvalue weighted by Gasteiger charge is -2.34. The molecular formula is C22H25N3O2S. The van der Waals surface area contributed by atoms with Crippen molar-refractivity contribution in [2.45, 2.75) is 24.8 Å². The molecule has 3 aromatic carbocycles. The zero-order valence-electron chi connectivity index (χ0n) is 16.1. The van der Waals surface area contributed by atoms with Gasteiger partial charge in [0.1, 0.15) is 0 Å². The monoisotopic (exact) mass is 395 g/mol. The maximum atomic E-state index is 13.1. The van der Waals surface area contributed by atoms with Gasteiger partial charge in [0, 0.05) is 47.8 Å². The minimum absolute atomic E-state index is 0.301. The Bertz CT molecular complexity index is 1090. The molecule has 1 aliphatic rings. The normalized spacial score (nSPS) is 17.6. The summed E-state index contributed by atoms with van der Waals surface area (Å²) in [6, 6.07) is 19.1.